The number of esters is 1. The summed E-state index contributed by atoms with van der Waals surface area (Å²) in [4.78, 5) is 12.3. The predicted octanol–water partition coefficient (Wildman–Crippen LogP) is 3.55. The molecule has 2 fully saturated rings. The molecule has 2 aliphatic carbocycles. The lowest BCUT2D eigenvalue weighted by atomic mass is 9.70. The van der Waals surface area contributed by atoms with Crippen molar-refractivity contribution >= 4 is 16.1 Å². The van der Waals surface area contributed by atoms with E-state index in [0.29, 0.717) is 12.8 Å². The highest BCUT2D eigenvalue weighted by molar-refractivity contribution is 7.86. The molecule has 0 spiro atoms. The molecule has 2 bridgehead atoms. The number of rotatable bonds is 5. The Balaban J connectivity index is 2.29. The molecule has 0 aromatic heterocycles. The summed E-state index contributed by atoms with van der Waals surface area (Å²) < 4.78 is 99.7. The molecule has 0 radical (unpaired) electrons. The van der Waals surface area contributed by atoms with Crippen molar-refractivity contribution < 1.29 is 44.5 Å². The molecular weight excluding hydrogens is 375 g/mol. The Morgan fingerprint density at radius 1 is 1.28 bits per heavy atom. The van der Waals surface area contributed by atoms with Crippen molar-refractivity contribution in [1.82, 2.24) is 0 Å². The summed E-state index contributed by atoms with van der Waals surface area (Å²) in [5, 5.41) is -5.69. The molecule has 0 saturated heterocycles. The zero-order valence-electron chi connectivity index (χ0n) is 13.4. The van der Waals surface area contributed by atoms with Gasteiger partial charge in [0, 0.05) is 0 Å². The van der Waals surface area contributed by atoms with Gasteiger partial charge in [-0.1, -0.05) is 13.3 Å². The van der Waals surface area contributed by atoms with Crippen molar-refractivity contribution in [2.24, 2.45) is 17.3 Å². The molecule has 0 aromatic carbocycles. The summed E-state index contributed by atoms with van der Waals surface area (Å²) in [5.74, 6) is -1.29. The highest BCUT2D eigenvalue weighted by atomic mass is 32.2. The number of halogens is 5. The van der Waals surface area contributed by atoms with Gasteiger partial charge in [-0.25, -0.2) is 0 Å². The van der Waals surface area contributed by atoms with E-state index in [4.69, 9.17) is 4.55 Å². The molecular formula is C14H19F5O5S. The number of ether oxygens (including phenoxy) is 1. The van der Waals surface area contributed by atoms with Crippen LogP contribution in [0.1, 0.15) is 45.4 Å². The van der Waals surface area contributed by atoms with E-state index >= 15 is 0 Å². The van der Waals surface area contributed by atoms with Gasteiger partial charge in [-0.05, 0) is 43.9 Å². The van der Waals surface area contributed by atoms with Crippen LogP contribution in [0.15, 0.2) is 0 Å². The van der Waals surface area contributed by atoms with Gasteiger partial charge in [0.15, 0.2) is 0 Å². The average molecular weight is 394 g/mol. The number of alkyl halides is 5. The van der Waals surface area contributed by atoms with Crippen LogP contribution < -0.4 is 0 Å². The maximum Gasteiger partial charge on any atom is 0.432 e. The Bertz CT molecular complexity index is 632. The predicted molar refractivity (Wildman–Crippen MR) is 75.2 cm³/mol. The molecule has 0 aromatic rings. The highest BCUT2D eigenvalue weighted by Crippen LogP contribution is 2.55. The number of fused-ring (bicyclic) bond motifs is 2. The summed E-state index contributed by atoms with van der Waals surface area (Å²) in [7, 11) is -6.42. The molecule has 11 heteroatoms. The summed E-state index contributed by atoms with van der Waals surface area (Å²) in [6, 6.07) is 0. The lowest BCUT2D eigenvalue weighted by molar-refractivity contribution is -0.263. The molecule has 4 unspecified atom stereocenters. The SMILES string of the molecule is CCC1CC2CCC(C(=O)OC(C(F)(F)F)C(F)(F)S(=O)(=O)O)(C1)C2. The fourth-order valence-electron chi connectivity index (χ4n) is 4.00. The van der Waals surface area contributed by atoms with Gasteiger partial charge < -0.3 is 4.74 Å². The Kier molecular flexibility index (Phi) is 5.15. The van der Waals surface area contributed by atoms with Crippen LogP contribution >= 0.6 is 0 Å². The number of hydrogen-bond acceptors (Lipinski definition) is 4. The molecule has 0 amide bonds. The van der Waals surface area contributed by atoms with E-state index in [1.54, 1.807) is 0 Å². The van der Waals surface area contributed by atoms with Crippen LogP contribution in [0.4, 0.5) is 22.0 Å². The van der Waals surface area contributed by atoms with Crippen molar-refractivity contribution in [2.45, 2.75) is 63.0 Å². The van der Waals surface area contributed by atoms with E-state index in [1.807, 2.05) is 6.92 Å². The van der Waals surface area contributed by atoms with E-state index in [-0.39, 0.29) is 31.1 Å². The van der Waals surface area contributed by atoms with Crippen molar-refractivity contribution in [3.05, 3.63) is 0 Å². The van der Waals surface area contributed by atoms with Gasteiger partial charge in [-0.3, -0.25) is 9.35 Å². The monoisotopic (exact) mass is 394 g/mol. The van der Waals surface area contributed by atoms with Gasteiger partial charge in [-0.15, -0.1) is 0 Å². The molecule has 2 aliphatic rings. The fourth-order valence-corrected chi connectivity index (χ4v) is 4.46. The van der Waals surface area contributed by atoms with Gasteiger partial charge in [0.2, 0.25) is 0 Å². The van der Waals surface area contributed by atoms with Crippen molar-refractivity contribution in [1.29, 1.82) is 0 Å². The first-order valence-corrected chi connectivity index (χ1v) is 9.29. The van der Waals surface area contributed by atoms with E-state index in [9.17, 15) is 35.2 Å². The summed E-state index contributed by atoms with van der Waals surface area (Å²) in [6.45, 7) is 1.86. The maximum atomic E-state index is 13.6. The second-order valence-corrected chi connectivity index (χ2v) is 8.46. The van der Waals surface area contributed by atoms with E-state index < -0.39 is 39.0 Å². The Morgan fingerprint density at radius 3 is 2.36 bits per heavy atom. The summed E-state index contributed by atoms with van der Waals surface area (Å²) in [6.07, 6.45) is -7.34. The van der Waals surface area contributed by atoms with Crippen LogP contribution in [0.5, 0.6) is 0 Å². The summed E-state index contributed by atoms with van der Waals surface area (Å²) >= 11 is 0. The minimum absolute atomic E-state index is 0.0696. The normalized spacial score (nSPS) is 31.6. The van der Waals surface area contributed by atoms with Crippen molar-refractivity contribution in [3.8, 4) is 0 Å². The van der Waals surface area contributed by atoms with Crippen LogP contribution in [0, 0.1) is 17.3 Å². The third kappa shape index (κ3) is 3.76. The quantitative estimate of drug-likeness (QED) is 0.438. The minimum Gasteiger partial charge on any atom is -0.444 e. The Morgan fingerprint density at radius 2 is 1.88 bits per heavy atom. The topological polar surface area (TPSA) is 80.7 Å². The van der Waals surface area contributed by atoms with Crippen LogP contribution in [0.2, 0.25) is 0 Å². The van der Waals surface area contributed by atoms with E-state index in [1.165, 1.54) is 0 Å². The smallest absolute Gasteiger partial charge is 0.432 e. The Labute approximate surface area is 141 Å². The van der Waals surface area contributed by atoms with Gasteiger partial charge in [0.1, 0.15) is 0 Å². The molecule has 2 saturated carbocycles. The van der Waals surface area contributed by atoms with Crippen molar-refractivity contribution in [2.75, 3.05) is 0 Å². The van der Waals surface area contributed by atoms with Gasteiger partial charge in [-0.2, -0.15) is 30.4 Å². The summed E-state index contributed by atoms with van der Waals surface area (Å²) in [5.41, 5.74) is -1.30. The van der Waals surface area contributed by atoms with Crippen molar-refractivity contribution in [3.63, 3.8) is 0 Å². The van der Waals surface area contributed by atoms with Gasteiger partial charge in [0.25, 0.3) is 6.10 Å². The van der Waals surface area contributed by atoms with Gasteiger partial charge in [0.05, 0.1) is 5.41 Å². The lowest BCUT2D eigenvalue weighted by Crippen LogP contribution is -2.53. The maximum absolute atomic E-state index is 13.6. The standard InChI is InChI=1S/C14H19F5O5S/c1-2-8-5-9-3-4-12(6-8,7-9)11(20)24-10(13(15,16)17)14(18,19)25(21,22)23/h8-10H,2-7H2,1H3,(H,21,22,23). The van der Waals surface area contributed by atoms with Crippen LogP contribution in [0.25, 0.3) is 0 Å². The number of hydrogen-bond donors (Lipinski definition) is 1. The molecule has 146 valence electrons. The zero-order valence-corrected chi connectivity index (χ0v) is 14.2. The number of carbonyl (C=O) groups is 1. The molecule has 1 N–H and O–H groups in total. The van der Waals surface area contributed by atoms with E-state index in [0.717, 1.165) is 6.42 Å². The average Bonchev–Trinajstić information content (AvgIpc) is 2.77. The molecule has 4 atom stereocenters. The largest absolute Gasteiger partial charge is 0.444 e. The zero-order chi connectivity index (χ0) is 19.3. The third-order valence-corrected chi connectivity index (χ3v) is 6.14. The van der Waals surface area contributed by atoms with Gasteiger partial charge >= 0.3 is 27.5 Å². The minimum atomic E-state index is -6.42. The second-order valence-electron chi connectivity index (χ2n) is 6.97. The first kappa shape index (κ1) is 20.3. The third-order valence-electron chi connectivity index (χ3n) is 5.24. The lowest BCUT2D eigenvalue weighted by Gasteiger charge is -2.37. The van der Waals surface area contributed by atoms with E-state index in [2.05, 4.69) is 4.74 Å². The molecule has 25 heavy (non-hydrogen) atoms. The molecule has 0 aliphatic heterocycles. The fraction of sp³-hybridized carbons (Fsp3) is 0.929. The first-order valence-electron chi connectivity index (χ1n) is 7.85. The molecule has 2 rings (SSSR count). The second kappa shape index (κ2) is 6.33. The number of carbonyl (C=O) groups excluding carboxylic acids is 1. The molecule has 0 heterocycles. The highest BCUT2D eigenvalue weighted by Gasteiger charge is 2.67. The Hall–Kier alpha value is -0.970. The first-order chi connectivity index (χ1) is 11.2. The van der Waals surface area contributed by atoms with Crippen LogP contribution in [0.3, 0.4) is 0 Å². The van der Waals surface area contributed by atoms with Crippen LogP contribution in [-0.4, -0.2) is 36.5 Å². The van der Waals surface area contributed by atoms with Crippen LogP contribution in [-0.2, 0) is 19.6 Å². The molecule has 5 nitrogen and oxygen atoms in total.